The van der Waals surface area contributed by atoms with Gasteiger partial charge in [-0.1, -0.05) is 6.07 Å². The van der Waals surface area contributed by atoms with Crippen LogP contribution in [-0.4, -0.2) is 13.0 Å². The molecule has 1 aromatic heterocycles. The maximum atomic E-state index is 12.1. The van der Waals surface area contributed by atoms with Crippen LogP contribution in [0.25, 0.3) is 0 Å². The number of para-hydroxylation sites is 1. The molecule has 0 saturated heterocycles. The Bertz CT molecular complexity index is 656. The van der Waals surface area contributed by atoms with Crippen LogP contribution in [0.4, 0.5) is 5.69 Å². The predicted molar refractivity (Wildman–Crippen MR) is 74.7 cm³/mol. The number of aryl methyl sites for hydroxylation is 1. The molecule has 0 bridgehead atoms. The zero-order valence-electron chi connectivity index (χ0n) is 10.6. The molecule has 0 spiro atoms. The Kier molecular flexibility index (Phi) is 3.83. The van der Waals surface area contributed by atoms with Crippen molar-refractivity contribution in [2.75, 3.05) is 12.4 Å². The van der Waals surface area contributed by atoms with Crippen molar-refractivity contribution in [3.63, 3.8) is 0 Å². The van der Waals surface area contributed by atoms with E-state index in [2.05, 4.69) is 5.32 Å². The van der Waals surface area contributed by atoms with Gasteiger partial charge in [0.05, 0.1) is 17.6 Å². The molecule has 5 heteroatoms. The molecule has 4 nitrogen and oxygen atoms in total. The molecule has 0 aliphatic rings. The van der Waals surface area contributed by atoms with Crippen LogP contribution in [0.1, 0.15) is 20.1 Å². The molecule has 0 atom stereocenters. The second-order valence-corrected chi connectivity index (χ2v) is 5.15. The third-order valence-electron chi connectivity index (χ3n) is 2.57. The summed E-state index contributed by atoms with van der Waals surface area (Å²) in [6.07, 6.45) is 0. The van der Waals surface area contributed by atoms with E-state index in [-0.39, 0.29) is 5.91 Å². The number of methoxy groups -OCH3 is 1. The number of nitriles is 1. The smallest absolute Gasteiger partial charge is 0.265 e. The van der Waals surface area contributed by atoms with E-state index in [0.29, 0.717) is 21.9 Å². The number of hydrogen-bond acceptors (Lipinski definition) is 4. The van der Waals surface area contributed by atoms with E-state index in [1.54, 1.807) is 24.3 Å². The number of thiophene rings is 1. The van der Waals surface area contributed by atoms with Gasteiger partial charge >= 0.3 is 0 Å². The number of carbonyl (C=O) groups excluding carboxylic acids is 1. The summed E-state index contributed by atoms with van der Waals surface area (Å²) in [5, 5.41) is 11.8. The number of nitrogens with one attached hydrogen (secondary N) is 1. The number of amides is 1. The summed E-state index contributed by atoms with van der Waals surface area (Å²) in [5.74, 6) is 0.236. The number of benzene rings is 1. The van der Waals surface area contributed by atoms with Gasteiger partial charge in [-0.25, -0.2) is 0 Å². The molecule has 96 valence electrons. The number of ether oxygens (including phenoxy) is 1. The fourth-order valence-electron chi connectivity index (χ4n) is 1.66. The standard InChI is InChI=1S/C14H12N2O2S/c1-9-6-7-12(19-9)14(17)16-13-10(8-15)4-3-5-11(13)18-2/h3-7H,1-2H3,(H,16,17). The summed E-state index contributed by atoms with van der Waals surface area (Å²) in [4.78, 5) is 13.8. The highest BCUT2D eigenvalue weighted by Crippen LogP contribution is 2.29. The number of carbonyl (C=O) groups is 1. The first-order valence-electron chi connectivity index (χ1n) is 5.60. The zero-order valence-corrected chi connectivity index (χ0v) is 11.4. The fourth-order valence-corrected chi connectivity index (χ4v) is 2.42. The lowest BCUT2D eigenvalue weighted by Crippen LogP contribution is -2.12. The maximum absolute atomic E-state index is 12.1. The van der Waals surface area contributed by atoms with Crippen molar-refractivity contribution in [2.45, 2.75) is 6.92 Å². The fraction of sp³-hybridized carbons (Fsp3) is 0.143. The average molecular weight is 272 g/mol. The van der Waals surface area contributed by atoms with Crippen LogP contribution in [0, 0.1) is 18.3 Å². The van der Waals surface area contributed by atoms with Crippen molar-refractivity contribution in [1.29, 1.82) is 5.26 Å². The van der Waals surface area contributed by atoms with Gasteiger partial charge in [-0.15, -0.1) is 11.3 Å². The van der Waals surface area contributed by atoms with Gasteiger partial charge < -0.3 is 10.1 Å². The first-order valence-corrected chi connectivity index (χ1v) is 6.42. The van der Waals surface area contributed by atoms with E-state index in [1.807, 2.05) is 19.1 Å². The highest BCUT2D eigenvalue weighted by atomic mass is 32.1. The van der Waals surface area contributed by atoms with Crippen LogP contribution >= 0.6 is 11.3 Å². The minimum absolute atomic E-state index is 0.237. The first kappa shape index (κ1) is 13.1. The predicted octanol–water partition coefficient (Wildman–Crippen LogP) is 3.19. The van der Waals surface area contributed by atoms with Gasteiger partial charge in [0.15, 0.2) is 0 Å². The second kappa shape index (κ2) is 5.55. The SMILES string of the molecule is COc1cccc(C#N)c1NC(=O)c1ccc(C)s1. The van der Waals surface area contributed by atoms with Crippen LogP contribution in [0.5, 0.6) is 5.75 Å². The normalized spacial score (nSPS) is 9.74. The van der Waals surface area contributed by atoms with E-state index < -0.39 is 0 Å². The Balaban J connectivity index is 2.33. The van der Waals surface area contributed by atoms with Crippen molar-refractivity contribution in [1.82, 2.24) is 0 Å². The molecule has 0 fully saturated rings. The van der Waals surface area contributed by atoms with Crippen LogP contribution in [0.3, 0.4) is 0 Å². The molecule has 2 aromatic rings. The molecule has 2 rings (SSSR count). The molecule has 1 N–H and O–H groups in total. The molecular formula is C14H12N2O2S. The molecule has 1 amide bonds. The zero-order chi connectivity index (χ0) is 13.8. The van der Waals surface area contributed by atoms with Crippen molar-refractivity contribution < 1.29 is 9.53 Å². The topological polar surface area (TPSA) is 62.1 Å². The molecule has 0 saturated carbocycles. The monoisotopic (exact) mass is 272 g/mol. The lowest BCUT2D eigenvalue weighted by atomic mass is 10.1. The summed E-state index contributed by atoms with van der Waals surface area (Å²) >= 11 is 1.41. The van der Waals surface area contributed by atoms with Gasteiger partial charge in [-0.2, -0.15) is 5.26 Å². The van der Waals surface area contributed by atoms with Gasteiger partial charge in [-0.3, -0.25) is 4.79 Å². The average Bonchev–Trinajstić information content (AvgIpc) is 2.85. The van der Waals surface area contributed by atoms with E-state index in [1.165, 1.54) is 18.4 Å². The number of rotatable bonds is 3. The quantitative estimate of drug-likeness (QED) is 0.933. The molecule has 19 heavy (non-hydrogen) atoms. The van der Waals surface area contributed by atoms with Gasteiger partial charge in [0.25, 0.3) is 5.91 Å². The highest BCUT2D eigenvalue weighted by Gasteiger charge is 2.14. The Hall–Kier alpha value is -2.32. The van der Waals surface area contributed by atoms with Crippen molar-refractivity contribution in [2.24, 2.45) is 0 Å². The Morgan fingerprint density at radius 1 is 1.37 bits per heavy atom. The lowest BCUT2D eigenvalue weighted by molar-refractivity contribution is 0.103. The number of hydrogen-bond donors (Lipinski definition) is 1. The lowest BCUT2D eigenvalue weighted by Gasteiger charge is -2.10. The molecular weight excluding hydrogens is 260 g/mol. The summed E-state index contributed by atoms with van der Waals surface area (Å²) < 4.78 is 5.17. The van der Waals surface area contributed by atoms with Crippen molar-refractivity contribution >= 4 is 22.9 Å². The van der Waals surface area contributed by atoms with Crippen LogP contribution < -0.4 is 10.1 Å². The minimum Gasteiger partial charge on any atom is -0.495 e. The molecule has 1 heterocycles. The van der Waals surface area contributed by atoms with Crippen molar-refractivity contribution in [3.8, 4) is 11.8 Å². The minimum atomic E-state index is -0.237. The van der Waals surface area contributed by atoms with Crippen molar-refractivity contribution in [3.05, 3.63) is 45.6 Å². The largest absolute Gasteiger partial charge is 0.495 e. The molecule has 0 aliphatic carbocycles. The Morgan fingerprint density at radius 3 is 2.74 bits per heavy atom. The molecule has 0 unspecified atom stereocenters. The Labute approximate surface area is 115 Å². The summed E-state index contributed by atoms with van der Waals surface area (Å²) in [6, 6.07) is 10.7. The van der Waals surface area contributed by atoms with E-state index in [9.17, 15) is 4.79 Å². The van der Waals surface area contributed by atoms with Crippen LogP contribution in [0.15, 0.2) is 30.3 Å². The van der Waals surface area contributed by atoms with E-state index in [0.717, 1.165) is 4.88 Å². The van der Waals surface area contributed by atoms with Gasteiger partial charge in [0.1, 0.15) is 17.5 Å². The molecule has 0 aliphatic heterocycles. The Morgan fingerprint density at radius 2 is 2.16 bits per heavy atom. The van der Waals surface area contributed by atoms with E-state index in [4.69, 9.17) is 10.00 Å². The third kappa shape index (κ3) is 2.75. The molecule has 0 radical (unpaired) electrons. The van der Waals surface area contributed by atoms with Crippen LogP contribution in [-0.2, 0) is 0 Å². The number of nitrogens with zero attached hydrogens (tertiary/aromatic N) is 1. The van der Waals surface area contributed by atoms with E-state index >= 15 is 0 Å². The number of anilines is 1. The second-order valence-electron chi connectivity index (χ2n) is 3.86. The summed E-state index contributed by atoms with van der Waals surface area (Å²) in [6.45, 7) is 1.94. The first-order chi connectivity index (χ1) is 9.15. The summed E-state index contributed by atoms with van der Waals surface area (Å²) in [5.41, 5.74) is 0.782. The van der Waals surface area contributed by atoms with Gasteiger partial charge in [0.2, 0.25) is 0 Å². The van der Waals surface area contributed by atoms with Gasteiger partial charge in [-0.05, 0) is 31.2 Å². The van der Waals surface area contributed by atoms with Crippen LogP contribution in [0.2, 0.25) is 0 Å². The maximum Gasteiger partial charge on any atom is 0.265 e. The molecule has 1 aromatic carbocycles. The highest BCUT2D eigenvalue weighted by molar-refractivity contribution is 7.14. The third-order valence-corrected chi connectivity index (χ3v) is 3.57. The van der Waals surface area contributed by atoms with Gasteiger partial charge in [0, 0.05) is 4.88 Å². The summed E-state index contributed by atoms with van der Waals surface area (Å²) in [7, 11) is 1.50.